The number of anilines is 1. The van der Waals surface area contributed by atoms with Gasteiger partial charge in [0, 0.05) is 32.4 Å². The molecule has 11 nitrogen and oxygen atoms in total. The largest absolute Gasteiger partial charge is 0.484 e. The Labute approximate surface area is 172 Å². The van der Waals surface area contributed by atoms with Crippen molar-refractivity contribution < 1.29 is 14.3 Å². The molecule has 30 heavy (non-hydrogen) atoms. The number of hydrogen-bond donors (Lipinski definition) is 1. The van der Waals surface area contributed by atoms with E-state index >= 15 is 0 Å². The van der Waals surface area contributed by atoms with Crippen molar-refractivity contribution in [1.29, 1.82) is 0 Å². The summed E-state index contributed by atoms with van der Waals surface area (Å²) in [4.78, 5) is 32.1. The molecule has 0 radical (unpaired) electrons. The Morgan fingerprint density at radius 3 is 2.50 bits per heavy atom. The number of tetrazole rings is 1. The molecular weight excluding hydrogens is 388 g/mol. The summed E-state index contributed by atoms with van der Waals surface area (Å²) in [5.41, 5.74) is 6.60. The molecule has 1 aliphatic heterocycles. The number of ether oxygens (including phenoxy) is 1. The summed E-state index contributed by atoms with van der Waals surface area (Å²) in [6.07, 6.45) is 3.12. The number of aromatic nitrogens is 5. The molecule has 0 aliphatic carbocycles. The highest BCUT2D eigenvalue weighted by atomic mass is 16.5. The Bertz CT molecular complexity index is 1010. The second kappa shape index (κ2) is 8.55. The average molecular weight is 408 g/mol. The number of hydrogen-bond acceptors (Lipinski definition) is 8. The standard InChI is InChI=1S/C19H20N8O3/c20-18(29)16-2-1-7-21-19(16)26-10-8-25(9-11-26)17(28)12-30-15-5-3-14(4-6-15)27-13-22-23-24-27/h1-7,13H,8-12H2,(H2,20,29). The van der Waals surface area contributed by atoms with Crippen LogP contribution in [-0.4, -0.2) is 74.7 Å². The minimum Gasteiger partial charge on any atom is -0.484 e. The summed E-state index contributed by atoms with van der Waals surface area (Å²) >= 11 is 0. The van der Waals surface area contributed by atoms with E-state index in [1.807, 2.05) is 4.90 Å². The summed E-state index contributed by atoms with van der Waals surface area (Å²) in [6.45, 7) is 2.08. The fourth-order valence-corrected chi connectivity index (χ4v) is 3.22. The van der Waals surface area contributed by atoms with Crippen LogP contribution >= 0.6 is 0 Å². The molecule has 4 rings (SSSR count). The number of pyridine rings is 1. The molecule has 2 N–H and O–H groups in total. The topological polar surface area (TPSA) is 132 Å². The zero-order valence-electron chi connectivity index (χ0n) is 16.1. The first kappa shape index (κ1) is 19.3. The van der Waals surface area contributed by atoms with Gasteiger partial charge < -0.3 is 20.3 Å². The second-order valence-corrected chi connectivity index (χ2v) is 6.64. The molecule has 1 fully saturated rings. The van der Waals surface area contributed by atoms with E-state index in [9.17, 15) is 9.59 Å². The van der Waals surface area contributed by atoms with Crippen molar-refractivity contribution in [2.45, 2.75) is 0 Å². The van der Waals surface area contributed by atoms with Crippen molar-refractivity contribution in [2.75, 3.05) is 37.7 Å². The average Bonchev–Trinajstić information content (AvgIpc) is 3.33. The van der Waals surface area contributed by atoms with Crippen LogP contribution in [0.15, 0.2) is 48.9 Å². The first-order valence-electron chi connectivity index (χ1n) is 9.35. The molecule has 154 valence electrons. The van der Waals surface area contributed by atoms with E-state index in [1.165, 1.54) is 11.0 Å². The lowest BCUT2D eigenvalue weighted by Gasteiger charge is -2.35. The fraction of sp³-hybridized carbons (Fsp3) is 0.263. The van der Waals surface area contributed by atoms with Crippen LogP contribution in [0.2, 0.25) is 0 Å². The first-order chi connectivity index (χ1) is 14.6. The molecule has 1 aliphatic rings. The van der Waals surface area contributed by atoms with Gasteiger partial charge in [-0.25, -0.2) is 9.67 Å². The Morgan fingerprint density at radius 1 is 1.07 bits per heavy atom. The number of nitrogens with two attached hydrogens (primary N) is 1. The predicted octanol–water partition coefficient (Wildman–Crippen LogP) is -0.116. The highest BCUT2D eigenvalue weighted by Crippen LogP contribution is 2.19. The SMILES string of the molecule is NC(=O)c1cccnc1N1CCN(C(=O)COc2ccc(-n3cnnn3)cc2)CC1. The van der Waals surface area contributed by atoms with E-state index in [-0.39, 0.29) is 12.5 Å². The van der Waals surface area contributed by atoms with Crippen LogP contribution in [-0.2, 0) is 4.79 Å². The third-order valence-corrected chi connectivity index (χ3v) is 4.80. The Balaban J connectivity index is 1.29. The van der Waals surface area contributed by atoms with Gasteiger partial charge >= 0.3 is 0 Å². The van der Waals surface area contributed by atoms with Gasteiger partial charge in [-0.1, -0.05) is 0 Å². The summed E-state index contributed by atoms with van der Waals surface area (Å²) in [7, 11) is 0. The van der Waals surface area contributed by atoms with E-state index in [0.29, 0.717) is 43.3 Å². The van der Waals surface area contributed by atoms with Crippen molar-refractivity contribution in [2.24, 2.45) is 5.73 Å². The van der Waals surface area contributed by atoms with Gasteiger partial charge in [-0.3, -0.25) is 9.59 Å². The molecule has 0 spiro atoms. The molecule has 2 aromatic heterocycles. The predicted molar refractivity (Wildman–Crippen MR) is 106 cm³/mol. The van der Waals surface area contributed by atoms with E-state index in [0.717, 1.165) is 5.69 Å². The van der Waals surface area contributed by atoms with Gasteiger partial charge in [0.25, 0.3) is 11.8 Å². The van der Waals surface area contributed by atoms with Crippen LogP contribution < -0.4 is 15.4 Å². The Hall–Kier alpha value is -4.02. The Kier molecular flexibility index (Phi) is 5.50. The zero-order chi connectivity index (χ0) is 20.9. The van der Waals surface area contributed by atoms with Gasteiger partial charge in [0.2, 0.25) is 0 Å². The number of carbonyl (C=O) groups excluding carboxylic acids is 2. The van der Waals surface area contributed by atoms with Crippen LogP contribution in [0.5, 0.6) is 5.75 Å². The van der Waals surface area contributed by atoms with Crippen molar-refractivity contribution in [3.63, 3.8) is 0 Å². The van der Waals surface area contributed by atoms with Gasteiger partial charge in [0.1, 0.15) is 17.9 Å². The number of benzene rings is 1. The Morgan fingerprint density at radius 2 is 1.83 bits per heavy atom. The van der Waals surface area contributed by atoms with Gasteiger partial charge in [-0.05, 0) is 46.8 Å². The number of amides is 2. The van der Waals surface area contributed by atoms with E-state index in [4.69, 9.17) is 10.5 Å². The zero-order valence-corrected chi connectivity index (χ0v) is 16.1. The lowest BCUT2D eigenvalue weighted by molar-refractivity contribution is -0.133. The number of nitrogens with zero attached hydrogens (tertiary/aromatic N) is 7. The molecule has 1 aromatic carbocycles. The third-order valence-electron chi connectivity index (χ3n) is 4.80. The summed E-state index contributed by atoms with van der Waals surface area (Å²) in [5, 5.41) is 11.0. The van der Waals surface area contributed by atoms with Crippen LogP contribution in [0.25, 0.3) is 5.69 Å². The normalized spacial score (nSPS) is 13.9. The van der Waals surface area contributed by atoms with Gasteiger partial charge in [0.15, 0.2) is 6.61 Å². The monoisotopic (exact) mass is 408 g/mol. The van der Waals surface area contributed by atoms with E-state index in [1.54, 1.807) is 47.5 Å². The number of primary amides is 1. The number of carbonyl (C=O) groups is 2. The number of rotatable bonds is 6. The first-order valence-corrected chi connectivity index (χ1v) is 9.35. The molecule has 0 unspecified atom stereocenters. The molecule has 2 amide bonds. The molecule has 0 atom stereocenters. The van der Waals surface area contributed by atoms with Crippen molar-refractivity contribution in [3.05, 3.63) is 54.5 Å². The van der Waals surface area contributed by atoms with Crippen molar-refractivity contribution >= 4 is 17.6 Å². The lowest BCUT2D eigenvalue weighted by Crippen LogP contribution is -2.50. The van der Waals surface area contributed by atoms with Crippen LogP contribution in [0.3, 0.4) is 0 Å². The highest BCUT2D eigenvalue weighted by Gasteiger charge is 2.24. The molecule has 1 saturated heterocycles. The third kappa shape index (κ3) is 4.19. The van der Waals surface area contributed by atoms with E-state index in [2.05, 4.69) is 20.5 Å². The summed E-state index contributed by atoms with van der Waals surface area (Å²) in [6, 6.07) is 10.5. The minimum absolute atomic E-state index is 0.0552. The molecule has 0 bridgehead atoms. The van der Waals surface area contributed by atoms with Crippen molar-refractivity contribution in [1.82, 2.24) is 30.1 Å². The minimum atomic E-state index is -0.517. The van der Waals surface area contributed by atoms with Crippen LogP contribution in [0, 0.1) is 0 Å². The van der Waals surface area contributed by atoms with Crippen molar-refractivity contribution in [3.8, 4) is 11.4 Å². The fourth-order valence-electron chi connectivity index (χ4n) is 3.22. The lowest BCUT2D eigenvalue weighted by atomic mass is 10.2. The quantitative estimate of drug-likeness (QED) is 0.597. The van der Waals surface area contributed by atoms with Gasteiger partial charge in [0.05, 0.1) is 11.3 Å². The molecule has 0 saturated carbocycles. The smallest absolute Gasteiger partial charge is 0.260 e. The molecule has 3 heterocycles. The van der Waals surface area contributed by atoms with Crippen LogP contribution in [0.1, 0.15) is 10.4 Å². The van der Waals surface area contributed by atoms with Crippen LogP contribution in [0.4, 0.5) is 5.82 Å². The molecule has 11 heteroatoms. The number of piperazine rings is 1. The van der Waals surface area contributed by atoms with Gasteiger partial charge in [-0.2, -0.15) is 0 Å². The van der Waals surface area contributed by atoms with E-state index < -0.39 is 5.91 Å². The second-order valence-electron chi connectivity index (χ2n) is 6.64. The molecule has 3 aromatic rings. The maximum Gasteiger partial charge on any atom is 0.260 e. The maximum absolute atomic E-state index is 12.5. The summed E-state index contributed by atoms with van der Waals surface area (Å²) < 4.78 is 7.14. The highest BCUT2D eigenvalue weighted by molar-refractivity contribution is 5.97. The summed E-state index contributed by atoms with van der Waals surface area (Å²) in [5.74, 6) is 0.515. The van der Waals surface area contributed by atoms with Gasteiger partial charge in [-0.15, -0.1) is 5.10 Å². The molecular formula is C19H20N8O3. The maximum atomic E-state index is 12.5.